The molecule has 2 amide bonds. The number of carbonyl (C=O) groups is 1. The van der Waals surface area contributed by atoms with Gasteiger partial charge in [0, 0.05) is 41.5 Å². The van der Waals surface area contributed by atoms with Gasteiger partial charge in [0.15, 0.2) is 0 Å². The molecule has 3 aromatic carbocycles. The number of urea groups is 1. The van der Waals surface area contributed by atoms with Gasteiger partial charge >= 0.3 is 6.03 Å². The Morgan fingerprint density at radius 3 is 2.27 bits per heavy atom. The summed E-state index contributed by atoms with van der Waals surface area (Å²) in [6.45, 7) is 12.4. The lowest BCUT2D eigenvalue weighted by Crippen LogP contribution is -2.30. The summed E-state index contributed by atoms with van der Waals surface area (Å²) >= 11 is 0. The molecule has 0 bridgehead atoms. The number of hydrogen-bond acceptors (Lipinski definition) is 4. The number of unbranched alkanes of at least 4 members (excludes halogenated alkanes) is 1. The molecule has 7 nitrogen and oxygen atoms in total. The van der Waals surface area contributed by atoms with Gasteiger partial charge in [-0.05, 0) is 71.8 Å². The number of amides is 2. The van der Waals surface area contributed by atoms with Gasteiger partial charge in [-0.2, -0.15) is 0 Å². The van der Waals surface area contributed by atoms with Crippen LogP contribution < -0.4 is 16.2 Å². The molecule has 0 atom stereocenters. The van der Waals surface area contributed by atoms with E-state index in [1.54, 1.807) is 10.8 Å². The highest BCUT2D eigenvalue weighted by Gasteiger charge is 2.22. The average molecular weight is 654 g/mol. The van der Waals surface area contributed by atoms with Gasteiger partial charge in [0.2, 0.25) is 0 Å². The van der Waals surface area contributed by atoms with E-state index < -0.39 is 6.03 Å². The first kappa shape index (κ1) is 35.1. The molecule has 252 valence electrons. The van der Waals surface area contributed by atoms with Gasteiger partial charge in [-0.3, -0.25) is 14.3 Å². The summed E-state index contributed by atoms with van der Waals surface area (Å²) < 4.78 is 1.69. The van der Waals surface area contributed by atoms with E-state index in [2.05, 4.69) is 86.2 Å². The second-order valence-corrected chi connectivity index (χ2v) is 13.2. The number of benzene rings is 3. The standard InChI is InChI=1S/C42H47N5O2/c1-7-8-26-47-40-36(23-14-24-43-40)37(33-20-12-18-31(27-33)19-15-25-46(6)28-32-16-10-9-11-17-32)39(41(47)48)45-42(49)44-38-34(29(2)3)21-13-22-35(38)30(4)5/h9-14,16-18,20-24,27,29-30H,7-8,25-26,28H2,1-6H3,(H2,44,45,49). The van der Waals surface area contributed by atoms with E-state index >= 15 is 0 Å². The lowest BCUT2D eigenvalue weighted by Gasteiger charge is -2.21. The van der Waals surface area contributed by atoms with E-state index in [9.17, 15) is 9.59 Å². The second-order valence-electron chi connectivity index (χ2n) is 13.2. The van der Waals surface area contributed by atoms with Gasteiger partial charge < -0.3 is 10.6 Å². The van der Waals surface area contributed by atoms with Crippen LogP contribution in [0.25, 0.3) is 22.2 Å². The van der Waals surface area contributed by atoms with E-state index in [4.69, 9.17) is 0 Å². The molecule has 0 radical (unpaired) electrons. The summed E-state index contributed by atoms with van der Waals surface area (Å²) in [4.78, 5) is 35.1. The number of anilines is 2. The SMILES string of the molecule is CCCCn1c(=O)c(NC(=O)Nc2c(C(C)C)cccc2C(C)C)c(-c2cccc(C#CCN(C)Cc3ccccc3)c2)c2cccnc21. The van der Waals surface area contributed by atoms with Crippen molar-refractivity contribution in [1.82, 2.24) is 14.5 Å². The van der Waals surface area contributed by atoms with Crippen molar-refractivity contribution in [1.29, 1.82) is 0 Å². The third-order valence-electron chi connectivity index (χ3n) is 8.63. The predicted molar refractivity (Wildman–Crippen MR) is 203 cm³/mol. The Balaban J connectivity index is 1.55. The number of pyridine rings is 2. The molecule has 0 aliphatic heterocycles. The smallest absolute Gasteiger partial charge is 0.307 e. The molecule has 0 unspecified atom stereocenters. The summed E-state index contributed by atoms with van der Waals surface area (Å²) in [7, 11) is 2.05. The van der Waals surface area contributed by atoms with Gasteiger partial charge in [-0.25, -0.2) is 9.78 Å². The summed E-state index contributed by atoms with van der Waals surface area (Å²) in [5, 5.41) is 6.93. The Labute approximate surface area is 290 Å². The number of para-hydroxylation sites is 1. The van der Waals surface area contributed by atoms with Crippen molar-refractivity contribution < 1.29 is 4.79 Å². The minimum Gasteiger partial charge on any atom is -0.307 e. The zero-order valence-corrected chi connectivity index (χ0v) is 29.5. The molecule has 0 saturated carbocycles. The first-order chi connectivity index (χ1) is 23.7. The molecular formula is C42H47N5O2. The fourth-order valence-electron chi connectivity index (χ4n) is 6.15. The highest BCUT2D eigenvalue weighted by molar-refractivity contribution is 6.07. The van der Waals surface area contributed by atoms with Gasteiger partial charge in [0.25, 0.3) is 5.56 Å². The molecule has 2 heterocycles. The number of rotatable bonds is 11. The van der Waals surface area contributed by atoms with Crippen LogP contribution >= 0.6 is 0 Å². The number of nitrogens with one attached hydrogen (secondary N) is 2. The molecule has 0 spiro atoms. The molecule has 5 aromatic rings. The maximum Gasteiger partial charge on any atom is 0.323 e. The van der Waals surface area contributed by atoms with Crippen molar-refractivity contribution in [2.24, 2.45) is 0 Å². The lowest BCUT2D eigenvalue weighted by molar-refractivity contribution is 0.262. The molecule has 7 heteroatoms. The van der Waals surface area contributed by atoms with Gasteiger partial charge in [0.05, 0.1) is 6.54 Å². The maximum absolute atomic E-state index is 14.4. The van der Waals surface area contributed by atoms with Crippen LogP contribution in [-0.2, 0) is 13.1 Å². The summed E-state index contributed by atoms with van der Waals surface area (Å²) in [5.41, 5.74) is 6.87. The summed E-state index contributed by atoms with van der Waals surface area (Å²) in [6, 6.07) is 27.7. The van der Waals surface area contributed by atoms with Gasteiger partial charge in [0.1, 0.15) is 11.3 Å². The van der Waals surface area contributed by atoms with Crippen LogP contribution in [-0.4, -0.2) is 34.1 Å². The third kappa shape index (κ3) is 8.46. The van der Waals surface area contributed by atoms with Crippen molar-refractivity contribution >= 4 is 28.4 Å². The average Bonchev–Trinajstić information content (AvgIpc) is 3.09. The zero-order chi connectivity index (χ0) is 34.9. The Morgan fingerprint density at radius 1 is 0.878 bits per heavy atom. The summed E-state index contributed by atoms with van der Waals surface area (Å²) in [5.74, 6) is 7.01. The third-order valence-corrected chi connectivity index (χ3v) is 8.63. The van der Waals surface area contributed by atoms with E-state index in [0.717, 1.165) is 52.7 Å². The van der Waals surface area contributed by atoms with Crippen molar-refractivity contribution in [3.8, 4) is 23.0 Å². The number of fused-ring (bicyclic) bond motifs is 1. The summed E-state index contributed by atoms with van der Waals surface area (Å²) in [6.07, 6.45) is 3.43. The zero-order valence-electron chi connectivity index (χ0n) is 29.5. The molecule has 0 saturated heterocycles. The van der Waals surface area contributed by atoms with E-state index in [1.165, 1.54) is 5.56 Å². The predicted octanol–water partition coefficient (Wildman–Crippen LogP) is 9.24. The van der Waals surface area contributed by atoms with Crippen LogP contribution in [0, 0.1) is 11.8 Å². The molecule has 49 heavy (non-hydrogen) atoms. The monoisotopic (exact) mass is 653 g/mol. The maximum atomic E-state index is 14.4. The number of carbonyl (C=O) groups excluding carboxylic acids is 1. The number of aromatic nitrogens is 2. The van der Waals surface area contributed by atoms with Crippen LogP contribution in [0.1, 0.15) is 81.5 Å². The highest BCUT2D eigenvalue weighted by atomic mass is 16.2. The molecule has 5 rings (SSSR count). The van der Waals surface area contributed by atoms with Gasteiger partial charge in [-0.15, -0.1) is 0 Å². The van der Waals surface area contributed by atoms with Crippen LogP contribution in [0.4, 0.5) is 16.2 Å². The second kappa shape index (κ2) is 16.3. The van der Waals surface area contributed by atoms with Crippen molar-refractivity contribution in [2.75, 3.05) is 24.2 Å². The van der Waals surface area contributed by atoms with Crippen molar-refractivity contribution in [3.63, 3.8) is 0 Å². The van der Waals surface area contributed by atoms with Crippen LogP contribution in [0.15, 0.2) is 95.9 Å². The number of aryl methyl sites for hydroxylation is 1. The van der Waals surface area contributed by atoms with Crippen LogP contribution in [0.2, 0.25) is 0 Å². The van der Waals surface area contributed by atoms with E-state index in [1.807, 2.05) is 72.8 Å². The van der Waals surface area contributed by atoms with Crippen LogP contribution in [0.5, 0.6) is 0 Å². The first-order valence-electron chi connectivity index (χ1n) is 17.2. The molecular weight excluding hydrogens is 606 g/mol. The first-order valence-corrected chi connectivity index (χ1v) is 17.2. The van der Waals surface area contributed by atoms with E-state index in [-0.39, 0.29) is 23.1 Å². The number of hydrogen-bond donors (Lipinski definition) is 2. The molecule has 0 aliphatic carbocycles. The topological polar surface area (TPSA) is 79.3 Å². The Morgan fingerprint density at radius 2 is 1.57 bits per heavy atom. The largest absolute Gasteiger partial charge is 0.323 e. The number of nitrogens with zero attached hydrogens (tertiary/aromatic N) is 3. The van der Waals surface area contributed by atoms with Crippen LogP contribution in [0.3, 0.4) is 0 Å². The Bertz CT molecular complexity index is 2010. The molecule has 2 N–H and O–H groups in total. The quantitative estimate of drug-likeness (QED) is 0.139. The minimum absolute atomic E-state index is 0.199. The molecule has 2 aromatic heterocycles. The molecule has 0 aliphatic rings. The Hall–Kier alpha value is -5.19. The lowest BCUT2D eigenvalue weighted by atomic mass is 9.93. The minimum atomic E-state index is -0.462. The van der Waals surface area contributed by atoms with Gasteiger partial charge in [-0.1, -0.05) is 114 Å². The van der Waals surface area contributed by atoms with E-state index in [0.29, 0.717) is 24.3 Å². The van der Waals surface area contributed by atoms with Crippen molar-refractivity contribution in [2.45, 2.75) is 72.4 Å². The Kier molecular flexibility index (Phi) is 11.7. The highest BCUT2D eigenvalue weighted by Crippen LogP contribution is 2.35. The normalized spacial score (nSPS) is 11.2. The fraction of sp³-hybridized carbons (Fsp3) is 0.310. The molecule has 0 fully saturated rings. The fourth-order valence-corrected chi connectivity index (χ4v) is 6.15. The van der Waals surface area contributed by atoms with Crippen molar-refractivity contribution in [3.05, 3.63) is 124 Å².